The van der Waals surface area contributed by atoms with Crippen molar-refractivity contribution in [2.24, 2.45) is 0 Å². The maximum Gasteiger partial charge on any atom is 0.0807 e. The van der Waals surface area contributed by atoms with Crippen molar-refractivity contribution >= 4 is 0 Å². The third-order valence-corrected chi connectivity index (χ3v) is 4.53. The SMILES string of the molecule is OC1CCCc2c1ccn2C1CCCCCC1. The Balaban J connectivity index is 1.87. The summed E-state index contributed by atoms with van der Waals surface area (Å²) in [6.45, 7) is 0. The minimum Gasteiger partial charge on any atom is -0.388 e. The van der Waals surface area contributed by atoms with Gasteiger partial charge in [-0.2, -0.15) is 0 Å². The first-order valence-corrected chi connectivity index (χ1v) is 7.24. The maximum atomic E-state index is 10.0. The predicted molar refractivity (Wildman–Crippen MR) is 69.1 cm³/mol. The Morgan fingerprint density at radius 1 is 1.00 bits per heavy atom. The standard InChI is InChI=1S/C15H23NO/c17-15-9-5-8-14-13(15)10-11-16(14)12-6-3-1-2-4-7-12/h10-12,15,17H,1-9H2. The van der Waals surface area contributed by atoms with E-state index in [1.54, 1.807) is 0 Å². The van der Waals surface area contributed by atoms with E-state index in [1.807, 2.05) is 0 Å². The van der Waals surface area contributed by atoms with Gasteiger partial charge in [0.15, 0.2) is 0 Å². The molecule has 0 bridgehead atoms. The first-order valence-electron chi connectivity index (χ1n) is 7.24. The Hall–Kier alpha value is -0.760. The smallest absolute Gasteiger partial charge is 0.0807 e. The van der Waals surface area contributed by atoms with Crippen LogP contribution in [0, 0.1) is 0 Å². The average Bonchev–Trinajstić information content (AvgIpc) is 2.59. The Morgan fingerprint density at radius 3 is 2.53 bits per heavy atom. The van der Waals surface area contributed by atoms with E-state index in [9.17, 15) is 5.11 Å². The molecule has 2 aliphatic carbocycles. The highest BCUT2D eigenvalue weighted by molar-refractivity contribution is 5.28. The quantitative estimate of drug-likeness (QED) is 0.734. The molecule has 1 saturated carbocycles. The van der Waals surface area contributed by atoms with Gasteiger partial charge < -0.3 is 9.67 Å². The molecular weight excluding hydrogens is 210 g/mol. The van der Waals surface area contributed by atoms with Gasteiger partial charge in [0.1, 0.15) is 0 Å². The van der Waals surface area contributed by atoms with E-state index in [1.165, 1.54) is 49.8 Å². The number of nitrogens with zero attached hydrogens (tertiary/aromatic N) is 1. The topological polar surface area (TPSA) is 25.2 Å². The Morgan fingerprint density at radius 2 is 1.76 bits per heavy atom. The molecule has 0 spiro atoms. The van der Waals surface area contributed by atoms with E-state index in [0.29, 0.717) is 6.04 Å². The number of fused-ring (bicyclic) bond motifs is 1. The fourth-order valence-electron chi connectivity index (χ4n) is 3.57. The normalized spacial score (nSPS) is 26.5. The summed E-state index contributed by atoms with van der Waals surface area (Å²) in [6.07, 6.45) is 13.5. The van der Waals surface area contributed by atoms with E-state index in [0.717, 1.165) is 19.3 Å². The van der Waals surface area contributed by atoms with Crippen molar-refractivity contribution in [3.05, 3.63) is 23.5 Å². The van der Waals surface area contributed by atoms with Crippen LogP contribution in [0.25, 0.3) is 0 Å². The summed E-state index contributed by atoms with van der Waals surface area (Å²) in [5, 5.41) is 10.0. The molecule has 1 aromatic heterocycles. The van der Waals surface area contributed by atoms with Gasteiger partial charge in [-0.1, -0.05) is 25.7 Å². The van der Waals surface area contributed by atoms with Crippen LogP contribution in [0.2, 0.25) is 0 Å². The van der Waals surface area contributed by atoms with Gasteiger partial charge in [-0.25, -0.2) is 0 Å². The third kappa shape index (κ3) is 2.15. The summed E-state index contributed by atoms with van der Waals surface area (Å²) in [5.41, 5.74) is 2.64. The van der Waals surface area contributed by atoms with Crippen LogP contribution in [-0.4, -0.2) is 9.67 Å². The van der Waals surface area contributed by atoms with Crippen LogP contribution in [0.15, 0.2) is 12.3 Å². The summed E-state index contributed by atoms with van der Waals surface area (Å²) >= 11 is 0. The zero-order valence-corrected chi connectivity index (χ0v) is 10.6. The number of aliphatic hydroxyl groups excluding tert-OH is 1. The van der Waals surface area contributed by atoms with Crippen LogP contribution in [-0.2, 0) is 6.42 Å². The van der Waals surface area contributed by atoms with E-state index < -0.39 is 0 Å². The largest absolute Gasteiger partial charge is 0.388 e. The van der Waals surface area contributed by atoms with Crippen molar-refractivity contribution in [1.29, 1.82) is 0 Å². The molecule has 0 radical (unpaired) electrons. The molecule has 1 atom stereocenters. The van der Waals surface area contributed by atoms with Gasteiger partial charge in [-0.3, -0.25) is 0 Å². The molecule has 1 fully saturated rings. The van der Waals surface area contributed by atoms with Gasteiger partial charge >= 0.3 is 0 Å². The van der Waals surface area contributed by atoms with Gasteiger partial charge in [0.05, 0.1) is 6.10 Å². The number of rotatable bonds is 1. The Labute approximate surface area is 104 Å². The third-order valence-electron chi connectivity index (χ3n) is 4.53. The second-order valence-electron chi connectivity index (χ2n) is 5.68. The molecule has 0 aromatic carbocycles. The molecule has 0 saturated heterocycles. The van der Waals surface area contributed by atoms with Crippen LogP contribution < -0.4 is 0 Å². The minimum absolute atomic E-state index is 0.203. The molecule has 1 heterocycles. The van der Waals surface area contributed by atoms with Gasteiger partial charge in [-0.15, -0.1) is 0 Å². The lowest BCUT2D eigenvalue weighted by molar-refractivity contribution is 0.155. The van der Waals surface area contributed by atoms with Crippen LogP contribution in [0.3, 0.4) is 0 Å². The van der Waals surface area contributed by atoms with Gasteiger partial charge in [0.2, 0.25) is 0 Å². The summed E-state index contributed by atoms with van der Waals surface area (Å²) in [6, 6.07) is 2.86. The Kier molecular flexibility index (Phi) is 3.24. The van der Waals surface area contributed by atoms with Gasteiger partial charge in [0.25, 0.3) is 0 Å². The first kappa shape index (κ1) is 11.3. The van der Waals surface area contributed by atoms with Crippen molar-refractivity contribution in [2.45, 2.75) is 69.9 Å². The lowest BCUT2D eigenvalue weighted by Gasteiger charge is -2.24. The fourth-order valence-corrected chi connectivity index (χ4v) is 3.57. The van der Waals surface area contributed by atoms with E-state index >= 15 is 0 Å². The lowest BCUT2D eigenvalue weighted by atomic mass is 9.95. The summed E-state index contributed by atoms with van der Waals surface area (Å²) in [4.78, 5) is 0. The van der Waals surface area contributed by atoms with E-state index in [4.69, 9.17) is 0 Å². The molecule has 0 aliphatic heterocycles. The van der Waals surface area contributed by atoms with Crippen LogP contribution in [0.1, 0.15) is 74.8 Å². The van der Waals surface area contributed by atoms with Gasteiger partial charge in [-0.05, 0) is 38.2 Å². The second-order valence-corrected chi connectivity index (χ2v) is 5.68. The minimum atomic E-state index is -0.203. The van der Waals surface area contributed by atoms with Crippen LogP contribution in [0.5, 0.6) is 0 Å². The van der Waals surface area contributed by atoms with E-state index in [-0.39, 0.29) is 6.10 Å². The first-order chi connectivity index (χ1) is 8.36. The Bertz CT molecular complexity index is 374. The number of hydrogen-bond acceptors (Lipinski definition) is 1. The molecular formula is C15H23NO. The molecule has 94 valence electrons. The lowest BCUT2D eigenvalue weighted by Crippen LogP contribution is -2.15. The van der Waals surface area contributed by atoms with E-state index in [2.05, 4.69) is 16.8 Å². The molecule has 0 amide bonds. The van der Waals surface area contributed by atoms with Crippen molar-refractivity contribution in [3.8, 4) is 0 Å². The molecule has 2 aliphatic rings. The summed E-state index contributed by atoms with van der Waals surface area (Å²) < 4.78 is 2.49. The molecule has 3 rings (SSSR count). The highest BCUT2D eigenvalue weighted by Crippen LogP contribution is 2.35. The molecule has 1 unspecified atom stereocenters. The van der Waals surface area contributed by atoms with Crippen molar-refractivity contribution < 1.29 is 5.11 Å². The zero-order valence-electron chi connectivity index (χ0n) is 10.6. The summed E-state index contributed by atoms with van der Waals surface area (Å²) in [7, 11) is 0. The molecule has 1 aromatic rings. The second kappa shape index (κ2) is 4.85. The predicted octanol–water partition coefficient (Wildman–Crippen LogP) is 3.75. The van der Waals surface area contributed by atoms with Crippen molar-refractivity contribution in [2.75, 3.05) is 0 Å². The van der Waals surface area contributed by atoms with Crippen molar-refractivity contribution in [3.63, 3.8) is 0 Å². The fraction of sp³-hybridized carbons (Fsp3) is 0.733. The average molecular weight is 233 g/mol. The molecule has 2 nitrogen and oxygen atoms in total. The summed E-state index contributed by atoms with van der Waals surface area (Å²) in [5.74, 6) is 0. The number of aliphatic hydroxyl groups is 1. The maximum absolute atomic E-state index is 10.0. The number of aromatic nitrogens is 1. The monoisotopic (exact) mass is 233 g/mol. The molecule has 2 heteroatoms. The van der Waals surface area contributed by atoms with Crippen molar-refractivity contribution in [1.82, 2.24) is 4.57 Å². The van der Waals surface area contributed by atoms with Crippen LogP contribution in [0.4, 0.5) is 0 Å². The highest BCUT2D eigenvalue weighted by atomic mass is 16.3. The highest BCUT2D eigenvalue weighted by Gasteiger charge is 2.24. The zero-order chi connectivity index (χ0) is 11.7. The molecule has 17 heavy (non-hydrogen) atoms. The van der Waals surface area contributed by atoms with Gasteiger partial charge in [0, 0.05) is 23.5 Å². The van der Waals surface area contributed by atoms with Crippen LogP contribution >= 0.6 is 0 Å². The number of hydrogen-bond donors (Lipinski definition) is 1. The molecule has 1 N–H and O–H groups in total.